The molecule has 0 aliphatic rings. The SMILES string of the molecule is CCCN(Cc1ccc(-n2c3ccccc3c3c4oc5ccccc5c4ccc32)cc1)c1ccccc1N. The Bertz CT molecular complexity index is 1930. The van der Waals surface area contributed by atoms with Gasteiger partial charge in [-0.3, -0.25) is 0 Å². The van der Waals surface area contributed by atoms with Crippen LogP contribution in [0.5, 0.6) is 0 Å². The molecule has 0 unspecified atom stereocenters. The summed E-state index contributed by atoms with van der Waals surface area (Å²) in [5.74, 6) is 0. The molecule has 7 rings (SSSR count). The number of benzene rings is 5. The van der Waals surface area contributed by atoms with Crippen molar-refractivity contribution in [3.63, 3.8) is 0 Å². The van der Waals surface area contributed by atoms with Crippen LogP contribution >= 0.6 is 0 Å². The summed E-state index contributed by atoms with van der Waals surface area (Å²) in [7, 11) is 0. The first kappa shape index (κ1) is 22.5. The number of nitrogens with two attached hydrogens (primary N) is 1. The van der Waals surface area contributed by atoms with E-state index in [4.69, 9.17) is 10.2 Å². The minimum Gasteiger partial charge on any atom is -0.455 e. The van der Waals surface area contributed by atoms with E-state index in [2.05, 4.69) is 101 Å². The number of nitrogen functional groups attached to an aromatic ring is 1. The summed E-state index contributed by atoms with van der Waals surface area (Å²) < 4.78 is 8.78. The molecule has 38 heavy (non-hydrogen) atoms. The average molecular weight is 496 g/mol. The van der Waals surface area contributed by atoms with Crippen LogP contribution in [0.4, 0.5) is 11.4 Å². The van der Waals surface area contributed by atoms with Gasteiger partial charge in [0.05, 0.1) is 27.8 Å². The summed E-state index contributed by atoms with van der Waals surface area (Å²) in [6.07, 6.45) is 1.06. The third-order valence-electron chi connectivity index (χ3n) is 7.52. The maximum absolute atomic E-state index is 6.43. The maximum atomic E-state index is 6.43. The highest BCUT2D eigenvalue weighted by molar-refractivity contribution is 6.23. The predicted molar refractivity (Wildman–Crippen MR) is 160 cm³/mol. The van der Waals surface area contributed by atoms with Crippen molar-refractivity contribution in [3.05, 3.63) is 115 Å². The second-order valence-corrected chi connectivity index (χ2v) is 9.93. The monoisotopic (exact) mass is 495 g/mol. The number of anilines is 2. The Hall–Kier alpha value is -4.70. The largest absolute Gasteiger partial charge is 0.455 e. The topological polar surface area (TPSA) is 47.3 Å². The van der Waals surface area contributed by atoms with E-state index < -0.39 is 0 Å². The van der Waals surface area contributed by atoms with Crippen LogP contribution < -0.4 is 10.6 Å². The zero-order chi connectivity index (χ0) is 25.6. The lowest BCUT2D eigenvalue weighted by Gasteiger charge is -2.26. The number of rotatable bonds is 6. The number of hydrogen-bond donors (Lipinski definition) is 1. The molecule has 5 aromatic carbocycles. The first-order chi connectivity index (χ1) is 18.7. The number of furan rings is 1. The van der Waals surface area contributed by atoms with Crippen molar-refractivity contribution in [2.45, 2.75) is 19.9 Å². The lowest BCUT2D eigenvalue weighted by Crippen LogP contribution is -2.24. The molecular weight excluding hydrogens is 466 g/mol. The van der Waals surface area contributed by atoms with E-state index in [-0.39, 0.29) is 0 Å². The molecule has 0 aliphatic heterocycles. The molecular formula is C34H29N3O. The highest BCUT2D eigenvalue weighted by Gasteiger charge is 2.18. The van der Waals surface area contributed by atoms with Crippen LogP contribution in [0.3, 0.4) is 0 Å². The first-order valence-electron chi connectivity index (χ1n) is 13.2. The van der Waals surface area contributed by atoms with E-state index in [0.717, 1.165) is 69.4 Å². The highest BCUT2D eigenvalue weighted by Crippen LogP contribution is 2.40. The fraction of sp³-hybridized carbons (Fsp3) is 0.118. The van der Waals surface area contributed by atoms with Crippen LogP contribution in [-0.4, -0.2) is 11.1 Å². The van der Waals surface area contributed by atoms with Gasteiger partial charge in [-0.05, 0) is 60.5 Å². The molecule has 7 aromatic rings. The molecule has 0 bridgehead atoms. The summed E-state index contributed by atoms with van der Waals surface area (Å²) in [5.41, 5.74) is 14.8. The normalized spacial score (nSPS) is 11.7. The minimum absolute atomic E-state index is 0.815. The number of hydrogen-bond acceptors (Lipinski definition) is 3. The van der Waals surface area contributed by atoms with Crippen LogP contribution in [0.15, 0.2) is 114 Å². The molecule has 0 saturated carbocycles. The van der Waals surface area contributed by atoms with Gasteiger partial charge in [-0.1, -0.05) is 67.6 Å². The van der Waals surface area contributed by atoms with Gasteiger partial charge in [0.25, 0.3) is 0 Å². The Morgan fingerprint density at radius 3 is 2.26 bits per heavy atom. The summed E-state index contributed by atoms with van der Waals surface area (Å²) in [6.45, 7) is 3.97. The molecule has 0 aliphatic carbocycles. The summed E-state index contributed by atoms with van der Waals surface area (Å²) >= 11 is 0. The lowest BCUT2D eigenvalue weighted by molar-refractivity contribution is 0.673. The zero-order valence-corrected chi connectivity index (χ0v) is 21.4. The van der Waals surface area contributed by atoms with E-state index >= 15 is 0 Å². The van der Waals surface area contributed by atoms with Crippen molar-refractivity contribution >= 4 is 55.1 Å². The standard InChI is InChI=1S/C34H29N3O/c1-2-21-36(30-13-7-5-11-28(30)35)22-23-15-17-24(18-16-23)37-29-12-6-3-10-27(29)33-31(37)20-19-26-25-9-4-8-14-32(25)38-34(26)33/h3-20H,2,21-22,35H2,1H3. The molecule has 2 heterocycles. The summed E-state index contributed by atoms with van der Waals surface area (Å²) in [4.78, 5) is 2.36. The van der Waals surface area contributed by atoms with Gasteiger partial charge in [0, 0.05) is 34.9 Å². The molecule has 0 spiro atoms. The Labute approximate surface area is 221 Å². The molecule has 186 valence electrons. The Morgan fingerprint density at radius 1 is 0.711 bits per heavy atom. The van der Waals surface area contributed by atoms with E-state index in [1.807, 2.05) is 24.3 Å². The minimum atomic E-state index is 0.815. The Balaban J connectivity index is 1.34. The smallest absolute Gasteiger partial charge is 0.145 e. The molecule has 0 atom stereocenters. The highest BCUT2D eigenvalue weighted by atomic mass is 16.3. The molecule has 2 aromatic heterocycles. The van der Waals surface area contributed by atoms with Gasteiger partial charge in [-0.2, -0.15) is 0 Å². The van der Waals surface area contributed by atoms with E-state index in [1.165, 1.54) is 16.5 Å². The van der Waals surface area contributed by atoms with Gasteiger partial charge in [0.1, 0.15) is 11.2 Å². The van der Waals surface area contributed by atoms with E-state index in [9.17, 15) is 0 Å². The Morgan fingerprint density at radius 2 is 1.45 bits per heavy atom. The number of nitrogens with zero attached hydrogens (tertiary/aromatic N) is 2. The van der Waals surface area contributed by atoms with Crippen molar-refractivity contribution in [1.82, 2.24) is 4.57 Å². The van der Waals surface area contributed by atoms with Gasteiger partial charge in [-0.15, -0.1) is 0 Å². The Kier molecular flexibility index (Phi) is 5.33. The van der Waals surface area contributed by atoms with Crippen molar-refractivity contribution in [2.75, 3.05) is 17.2 Å². The van der Waals surface area contributed by atoms with Gasteiger partial charge in [0.2, 0.25) is 0 Å². The molecule has 2 N–H and O–H groups in total. The third kappa shape index (κ3) is 3.52. The van der Waals surface area contributed by atoms with Crippen LogP contribution in [0, 0.1) is 0 Å². The number of fused-ring (bicyclic) bond motifs is 7. The molecule has 4 nitrogen and oxygen atoms in total. The molecule has 0 amide bonds. The molecule has 0 radical (unpaired) electrons. The van der Waals surface area contributed by atoms with Crippen molar-refractivity contribution in [1.29, 1.82) is 0 Å². The van der Waals surface area contributed by atoms with Crippen molar-refractivity contribution in [3.8, 4) is 5.69 Å². The van der Waals surface area contributed by atoms with Crippen LogP contribution in [0.2, 0.25) is 0 Å². The average Bonchev–Trinajstić information content (AvgIpc) is 3.49. The third-order valence-corrected chi connectivity index (χ3v) is 7.52. The molecule has 4 heteroatoms. The summed E-state index contributed by atoms with van der Waals surface area (Å²) in [6, 6.07) is 38.3. The van der Waals surface area contributed by atoms with Gasteiger partial charge < -0.3 is 19.6 Å². The quantitative estimate of drug-likeness (QED) is 0.235. The van der Waals surface area contributed by atoms with Crippen LogP contribution in [0.1, 0.15) is 18.9 Å². The van der Waals surface area contributed by atoms with E-state index in [0.29, 0.717) is 0 Å². The van der Waals surface area contributed by atoms with Crippen molar-refractivity contribution < 1.29 is 4.42 Å². The fourth-order valence-electron chi connectivity index (χ4n) is 5.81. The van der Waals surface area contributed by atoms with Gasteiger partial charge in [-0.25, -0.2) is 0 Å². The van der Waals surface area contributed by atoms with Crippen LogP contribution in [0.25, 0.3) is 49.4 Å². The molecule has 0 fully saturated rings. The maximum Gasteiger partial charge on any atom is 0.145 e. The van der Waals surface area contributed by atoms with Crippen molar-refractivity contribution in [2.24, 2.45) is 0 Å². The lowest BCUT2D eigenvalue weighted by atomic mass is 10.1. The second-order valence-electron chi connectivity index (χ2n) is 9.93. The van der Waals surface area contributed by atoms with E-state index in [1.54, 1.807) is 0 Å². The van der Waals surface area contributed by atoms with Crippen LogP contribution in [-0.2, 0) is 6.54 Å². The zero-order valence-electron chi connectivity index (χ0n) is 21.4. The summed E-state index contributed by atoms with van der Waals surface area (Å²) in [5, 5.41) is 4.67. The molecule has 0 saturated heterocycles. The predicted octanol–water partition coefficient (Wildman–Crippen LogP) is 8.68. The van der Waals surface area contributed by atoms with Gasteiger partial charge in [0.15, 0.2) is 0 Å². The van der Waals surface area contributed by atoms with Gasteiger partial charge >= 0.3 is 0 Å². The number of aromatic nitrogens is 1. The number of para-hydroxylation sites is 4. The first-order valence-corrected chi connectivity index (χ1v) is 13.2. The fourth-order valence-corrected chi connectivity index (χ4v) is 5.81. The second kappa shape index (κ2) is 9.00.